The maximum absolute atomic E-state index is 13.1. The number of amides is 2. The number of sulfone groups is 1. The molecule has 1 heterocycles. The second-order valence-corrected chi connectivity index (χ2v) is 8.14. The van der Waals surface area contributed by atoms with Gasteiger partial charge in [-0.05, 0) is 30.5 Å². The van der Waals surface area contributed by atoms with Gasteiger partial charge in [-0.2, -0.15) is 0 Å². The molecule has 1 aromatic rings. The predicted octanol–water partition coefficient (Wildman–Crippen LogP) is 2.07. The van der Waals surface area contributed by atoms with Crippen LogP contribution in [-0.4, -0.2) is 43.4 Å². The first kappa shape index (κ1) is 17.7. The second kappa shape index (κ2) is 7.25. The highest BCUT2D eigenvalue weighted by atomic mass is 32.2. The predicted molar refractivity (Wildman–Crippen MR) is 82.6 cm³/mol. The normalized spacial score (nSPS) is 16.4. The van der Waals surface area contributed by atoms with E-state index in [0.717, 1.165) is 18.2 Å². The smallest absolute Gasteiger partial charge is 0.317 e. The van der Waals surface area contributed by atoms with Crippen LogP contribution in [0.15, 0.2) is 18.2 Å². The van der Waals surface area contributed by atoms with Crippen molar-refractivity contribution in [1.29, 1.82) is 0 Å². The zero-order valence-electron chi connectivity index (χ0n) is 12.9. The van der Waals surface area contributed by atoms with E-state index in [2.05, 4.69) is 5.32 Å². The molecule has 2 amide bonds. The molecule has 0 bridgehead atoms. The number of carbonyl (C=O) groups excluding carboxylic acids is 1. The monoisotopic (exact) mass is 346 g/mol. The number of halogens is 2. The minimum absolute atomic E-state index is 0.0146. The summed E-state index contributed by atoms with van der Waals surface area (Å²) in [5.74, 6) is -1.28. The van der Waals surface area contributed by atoms with Crippen LogP contribution in [0.4, 0.5) is 13.6 Å². The van der Waals surface area contributed by atoms with Crippen LogP contribution >= 0.6 is 0 Å². The van der Waals surface area contributed by atoms with Gasteiger partial charge in [-0.25, -0.2) is 22.0 Å². The molecule has 0 unspecified atom stereocenters. The van der Waals surface area contributed by atoms with E-state index >= 15 is 0 Å². The van der Waals surface area contributed by atoms with Crippen molar-refractivity contribution in [3.05, 3.63) is 35.4 Å². The van der Waals surface area contributed by atoms with Crippen molar-refractivity contribution in [2.24, 2.45) is 0 Å². The number of hydrogen-bond donors (Lipinski definition) is 1. The molecular weight excluding hydrogens is 326 g/mol. The van der Waals surface area contributed by atoms with E-state index in [9.17, 15) is 22.0 Å². The lowest BCUT2D eigenvalue weighted by atomic mass is 10.1. The molecule has 128 valence electrons. The molecule has 1 N–H and O–H groups in total. The number of urea groups is 1. The summed E-state index contributed by atoms with van der Waals surface area (Å²) < 4.78 is 49.8. The van der Waals surface area contributed by atoms with Crippen molar-refractivity contribution in [3.63, 3.8) is 0 Å². The van der Waals surface area contributed by atoms with Gasteiger partial charge < -0.3 is 10.2 Å². The number of piperidine rings is 1. The van der Waals surface area contributed by atoms with E-state index in [0.29, 0.717) is 31.5 Å². The van der Waals surface area contributed by atoms with E-state index < -0.39 is 26.7 Å². The maximum atomic E-state index is 13.1. The Morgan fingerprint density at radius 2 is 1.78 bits per heavy atom. The van der Waals surface area contributed by atoms with E-state index in [-0.39, 0.29) is 18.3 Å². The molecule has 0 radical (unpaired) electrons. The first-order valence-corrected chi connectivity index (χ1v) is 9.22. The number of hydrogen-bond acceptors (Lipinski definition) is 3. The van der Waals surface area contributed by atoms with Crippen molar-refractivity contribution in [2.45, 2.75) is 31.6 Å². The SMILES string of the molecule is CCS(=O)(=O)C1CCN(C(=O)NCc2cc(F)cc(F)c2)CC1. The zero-order chi connectivity index (χ0) is 17.0. The van der Waals surface area contributed by atoms with Gasteiger partial charge in [0, 0.05) is 31.5 Å². The standard InChI is InChI=1S/C15H20F2N2O3S/c1-2-23(21,22)14-3-5-19(6-4-14)15(20)18-10-11-7-12(16)9-13(17)8-11/h7-9,14H,2-6,10H2,1H3,(H,18,20). The van der Waals surface area contributed by atoms with Crippen LogP contribution in [0.5, 0.6) is 0 Å². The van der Waals surface area contributed by atoms with Crippen LogP contribution in [0, 0.1) is 11.6 Å². The van der Waals surface area contributed by atoms with Gasteiger partial charge in [-0.15, -0.1) is 0 Å². The third kappa shape index (κ3) is 4.63. The Bertz CT molecular complexity index is 651. The molecule has 0 atom stereocenters. The Labute approximate surface area is 134 Å². The van der Waals surface area contributed by atoms with Gasteiger partial charge in [0.25, 0.3) is 0 Å². The fourth-order valence-corrected chi connectivity index (χ4v) is 4.06. The molecule has 1 aromatic carbocycles. The topological polar surface area (TPSA) is 66.5 Å². The minimum Gasteiger partial charge on any atom is -0.334 e. The van der Waals surface area contributed by atoms with Crippen LogP contribution < -0.4 is 5.32 Å². The van der Waals surface area contributed by atoms with Gasteiger partial charge in [0.15, 0.2) is 9.84 Å². The van der Waals surface area contributed by atoms with Gasteiger partial charge in [-0.1, -0.05) is 6.92 Å². The Morgan fingerprint density at radius 3 is 2.30 bits per heavy atom. The van der Waals surface area contributed by atoms with Crippen LogP contribution in [0.1, 0.15) is 25.3 Å². The lowest BCUT2D eigenvalue weighted by Crippen LogP contribution is -2.46. The molecule has 0 spiro atoms. The number of nitrogens with zero attached hydrogens (tertiary/aromatic N) is 1. The number of nitrogens with one attached hydrogen (secondary N) is 1. The molecule has 8 heteroatoms. The molecule has 2 rings (SSSR count). The zero-order valence-corrected chi connectivity index (χ0v) is 13.7. The molecule has 5 nitrogen and oxygen atoms in total. The molecule has 23 heavy (non-hydrogen) atoms. The van der Waals surface area contributed by atoms with E-state index in [4.69, 9.17) is 0 Å². The molecule has 0 aromatic heterocycles. The Kier molecular flexibility index (Phi) is 5.56. The number of rotatable bonds is 4. The summed E-state index contributed by atoms with van der Waals surface area (Å²) in [6.07, 6.45) is 0.830. The summed E-state index contributed by atoms with van der Waals surface area (Å²) >= 11 is 0. The van der Waals surface area contributed by atoms with Crippen molar-refractivity contribution in [2.75, 3.05) is 18.8 Å². The minimum atomic E-state index is -3.08. The number of benzene rings is 1. The molecular formula is C15H20F2N2O3S. The lowest BCUT2D eigenvalue weighted by molar-refractivity contribution is 0.186. The van der Waals surface area contributed by atoms with Gasteiger partial charge in [0.1, 0.15) is 11.6 Å². The van der Waals surface area contributed by atoms with Crippen molar-refractivity contribution in [3.8, 4) is 0 Å². The van der Waals surface area contributed by atoms with Crippen molar-refractivity contribution >= 4 is 15.9 Å². The Morgan fingerprint density at radius 1 is 1.22 bits per heavy atom. The average molecular weight is 346 g/mol. The molecule has 0 aliphatic carbocycles. The molecule has 1 saturated heterocycles. The third-order valence-electron chi connectivity index (χ3n) is 4.01. The second-order valence-electron chi connectivity index (χ2n) is 5.57. The average Bonchev–Trinajstić information content (AvgIpc) is 2.52. The highest BCUT2D eigenvalue weighted by Gasteiger charge is 2.30. The lowest BCUT2D eigenvalue weighted by Gasteiger charge is -2.31. The van der Waals surface area contributed by atoms with Crippen LogP contribution in [0.25, 0.3) is 0 Å². The largest absolute Gasteiger partial charge is 0.334 e. The molecule has 1 aliphatic rings. The van der Waals surface area contributed by atoms with Gasteiger partial charge in [0.2, 0.25) is 0 Å². The fourth-order valence-electron chi connectivity index (χ4n) is 2.66. The van der Waals surface area contributed by atoms with Gasteiger partial charge in [-0.3, -0.25) is 0 Å². The Balaban J connectivity index is 1.86. The number of likely N-dealkylation sites (tertiary alicyclic amines) is 1. The van der Waals surface area contributed by atoms with Gasteiger partial charge in [0.05, 0.1) is 5.25 Å². The van der Waals surface area contributed by atoms with E-state index in [1.54, 1.807) is 6.92 Å². The van der Waals surface area contributed by atoms with Crippen LogP contribution in [0.3, 0.4) is 0 Å². The third-order valence-corrected chi connectivity index (χ3v) is 6.30. The summed E-state index contributed by atoms with van der Waals surface area (Å²) in [6.45, 7) is 2.34. The van der Waals surface area contributed by atoms with E-state index in [1.165, 1.54) is 4.90 Å². The Hall–Kier alpha value is -1.70. The van der Waals surface area contributed by atoms with Crippen LogP contribution in [0.2, 0.25) is 0 Å². The highest BCUT2D eigenvalue weighted by molar-refractivity contribution is 7.92. The summed E-state index contributed by atoms with van der Waals surface area (Å²) in [6, 6.07) is 2.72. The molecule has 0 saturated carbocycles. The van der Waals surface area contributed by atoms with Gasteiger partial charge >= 0.3 is 6.03 Å². The first-order chi connectivity index (χ1) is 10.8. The summed E-state index contributed by atoms with van der Waals surface area (Å²) in [7, 11) is -3.08. The van der Waals surface area contributed by atoms with Crippen molar-refractivity contribution < 1.29 is 22.0 Å². The highest BCUT2D eigenvalue weighted by Crippen LogP contribution is 2.18. The molecule has 1 aliphatic heterocycles. The summed E-state index contributed by atoms with van der Waals surface area (Å²) in [5, 5.41) is 2.20. The number of carbonyl (C=O) groups is 1. The van der Waals surface area contributed by atoms with E-state index in [1.807, 2.05) is 0 Å². The van der Waals surface area contributed by atoms with Crippen LogP contribution in [-0.2, 0) is 16.4 Å². The summed E-state index contributed by atoms with van der Waals surface area (Å²) in [5.41, 5.74) is 0.333. The first-order valence-electron chi connectivity index (χ1n) is 7.51. The van der Waals surface area contributed by atoms with Crippen molar-refractivity contribution in [1.82, 2.24) is 10.2 Å². The summed E-state index contributed by atoms with van der Waals surface area (Å²) in [4.78, 5) is 13.6. The fraction of sp³-hybridized carbons (Fsp3) is 0.533. The maximum Gasteiger partial charge on any atom is 0.317 e. The quantitative estimate of drug-likeness (QED) is 0.908. The molecule has 1 fully saturated rings.